The fourth-order valence-corrected chi connectivity index (χ4v) is 2.62. The Bertz CT molecular complexity index is 620. The Labute approximate surface area is 144 Å². The van der Waals surface area contributed by atoms with Gasteiger partial charge in [0.15, 0.2) is 5.82 Å². The van der Waals surface area contributed by atoms with Gasteiger partial charge in [0.25, 0.3) is 0 Å². The average molecular weight is 329 g/mol. The van der Waals surface area contributed by atoms with Crippen LogP contribution < -0.4 is 10.6 Å². The monoisotopic (exact) mass is 329 g/mol. The van der Waals surface area contributed by atoms with Gasteiger partial charge in [-0.1, -0.05) is 0 Å². The van der Waals surface area contributed by atoms with Crippen LogP contribution in [0.5, 0.6) is 0 Å². The molecule has 0 atom stereocenters. The third-order valence-corrected chi connectivity index (χ3v) is 3.66. The van der Waals surface area contributed by atoms with Crippen molar-refractivity contribution in [2.24, 2.45) is 0 Å². The summed E-state index contributed by atoms with van der Waals surface area (Å²) in [6.45, 7) is 12.6. The summed E-state index contributed by atoms with van der Waals surface area (Å²) in [7, 11) is 0. The summed E-state index contributed by atoms with van der Waals surface area (Å²) in [6, 6.07) is 2.98. The number of nitrogens with zero attached hydrogens (tertiary/aromatic N) is 5. The van der Waals surface area contributed by atoms with Crippen LogP contribution in [0.25, 0.3) is 0 Å². The van der Waals surface area contributed by atoms with E-state index in [4.69, 9.17) is 0 Å². The van der Waals surface area contributed by atoms with Crippen molar-refractivity contribution < 1.29 is 0 Å². The molecule has 0 aliphatic heterocycles. The normalized spacial score (nSPS) is 11.3. The minimum Gasteiger partial charge on any atom is -0.369 e. The molecule has 0 fully saturated rings. The molecule has 24 heavy (non-hydrogen) atoms. The number of rotatable bonds is 8. The molecule has 2 aromatic rings. The molecule has 2 N–H and O–H groups in total. The summed E-state index contributed by atoms with van der Waals surface area (Å²) in [5.74, 6) is 1.95. The van der Waals surface area contributed by atoms with E-state index in [0.29, 0.717) is 23.8 Å². The minimum absolute atomic E-state index is 0.516. The first-order valence-corrected chi connectivity index (χ1v) is 8.34. The van der Waals surface area contributed by atoms with Gasteiger partial charge in [-0.3, -0.25) is 9.88 Å². The van der Waals surface area contributed by atoms with Gasteiger partial charge in [-0.15, -0.1) is 0 Å². The second-order valence-electron chi connectivity index (χ2n) is 6.29. The highest BCUT2D eigenvalue weighted by Crippen LogP contribution is 2.13. The van der Waals surface area contributed by atoms with Crippen molar-refractivity contribution in [3.8, 4) is 0 Å². The predicted molar refractivity (Wildman–Crippen MR) is 97.6 cm³/mol. The molecule has 0 amide bonds. The predicted octanol–water partition coefficient (Wildman–Crippen LogP) is 2.85. The van der Waals surface area contributed by atoms with E-state index in [-0.39, 0.29) is 0 Å². The van der Waals surface area contributed by atoms with Gasteiger partial charge in [-0.2, -0.15) is 4.98 Å². The highest BCUT2D eigenvalue weighted by Gasteiger charge is 2.12. The van der Waals surface area contributed by atoms with Crippen LogP contribution in [0.3, 0.4) is 0 Å². The molecular weight excluding hydrogens is 302 g/mol. The largest absolute Gasteiger partial charge is 0.369 e. The van der Waals surface area contributed by atoms with Crippen LogP contribution in [0, 0.1) is 6.92 Å². The zero-order valence-electron chi connectivity index (χ0n) is 15.1. The van der Waals surface area contributed by atoms with Crippen molar-refractivity contribution >= 4 is 17.6 Å². The summed E-state index contributed by atoms with van der Waals surface area (Å²) in [4.78, 5) is 19.5. The summed E-state index contributed by atoms with van der Waals surface area (Å²) >= 11 is 0. The molecule has 2 rings (SSSR count). The number of hydrogen-bond donors (Lipinski definition) is 2. The number of hydrogen-bond acceptors (Lipinski definition) is 7. The second kappa shape index (κ2) is 8.54. The van der Waals surface area contributed by atoms with Gasteiger partial charge in [-0.05, 0) is 34.6 Å². The van der Waals surface area contributed by atoms with E-state index in [1.807, 2.05) is 13.0 Å². The van der Waals surface area contributed by atoms with Gasteiger partial charge in [0, 0.05) is 49.3 Å². The van der Waals surface area contributed by atoms with Crippen LogP contribution in [-0.4, -0.2) is 50.0 Å². The number of anilines is 3. The van der Waals surface area contributed by atoms with Crippen LogP contribution in [0.1, 0.15) is 33.4 Å². The molecule has 7 nitrogen and oxygen atoms in total. The molecule has 0 aliphatic rings. The highest BCUT2D eigenvalue weighted by molar-refractivity contribution is 5.50. The maximum Gasteiger partial charge on any atom is 0.230 e. The van der Waals surface area contributed by atoms with Gasteiger partial charge in [0.2, 0.25) is 5.95 Å². The molecule has 0 aromatic carbocycles. The standard InChI is InChI=1S/C17H27N7/c1-12(2)24(13(3)4)9-8-20-15-10-14(5)21-17(22-15)23-16-11-18-6-7-19-16/h6-7,10-13H,8-9H2,1-5H3,(H2,19,20,21,22,23). The zero-order chi connectivity index (χ0) is 17.5. The Morgan fingerprint density at radius 3 is 2.42 bits per heavy atom. The molecule has 0 bridgehead atoms. The first-order chi connectivity index (χ1) is 11.5. The lowest BCUT2D eigenvalue weighted by molar-refractivity contribution is 0.182. The fourth-order valence-electron chi connectivity index (χ4n) is 2.62. The van der Waals surface area contributed by atoms with Crippen LogP contribution in [0.2, 0.25) is 0 Å². The Kier molecular flexibility index (Phi) is 6.43. The average Bonchev–Trinajstić information content (AvgIpc) is 2.51. The van der Waals surface area contributed by atoms with Gasteiger partial charge >= 0.3 is 0 Å². The SMILES string of the molecule is Cc1cc(NCCN(C(C)C)C(C)C)nc(Nc2cnccn2)n1. The first-order valence-electron chi connectivity index (χ1n) is 8.34. The summed E-state index contributed by atoms with van der Waals surface area (Å²) < 4.78 is 0. The molecule has 0 aliphatic carbocycles. The zero-order valence-corrected chi connectivity index (χ0v) is 15.1. The Balaban J connectivity index is 1.98. The smallest absolute Gasteiger partial charge is 0.230 e. The number of aromatic nitrogens is 4. The topological polar surface area (TPSA) is 78.9 Å². The lowest BCUT2D eigenvalue weighted by Crippen LogP contribution is -2.40. The van der Waals surface area contributed by atoms with Crippen molar-refractivity contribution in [3.63, 3.8) is 0 Å². The molecule has 130 valence electrons. The van der Waals surface area contributed by atoms with Crippen molar-refractivity contribution in [3.05, 3.63) is 30.4 Å². The first kappa shape index (κ1) is 18.1. The van der Waals surface area contributed by atoms with E-state index in [2.05, 4.69) is 63.2 Å². The van der Waals surface area contributed by atoms with Crippen LogP contribution in [0.4, 0.5) is 17.6 Å². The van der Waals surface area contributed by atoms with Crippen molar-refractivity contribution in [2.45, 2.75) is 46.7 Å². The van der Waals surface area contributed by atoms with Crippen molar-refractivity contribution in [1.29, 1.82) is 0 Å². The molecule has 0 spiro atoms. The van der Waals surface area contributed by atoms with Crippen LogP contribution in [-0.2, 0) is 0 Å². The molecular formula is C17H27N7. The third kappa shape index (κ3) is 5.42. The highest BCUT2D eigenvalue weighted by atomic mass is 15.2. The molecule has 0 saturated carbocycles. The van der Waals surface area contributed by atoms with Gasteiger partial charge in [0.1, 0.15) is 5.82 Å². The van der Waals surface area contributed by atoms with Crippen LogP contribution >= 0.6 is 0 Å². The maximum atomic E-state index is 4.50. The minimum atomic E-state index is 0.516. The Morgan fingerprint density at radius 1 is 1.04 bits per heavy atom. The van der Waals surface area contributed by atoms with E-state index in [1.54, 1.807) is 18.6 Å². The number of aryl methyl sites for hydroxylation is 1. The quantitative estimate of drug-likeness (QED) is 0.771. The van der Waals surface area contributed by atoms with Crippen molar-refractivity contribution in [1.82, 2.24) is 24.8 Å². The van der Waals surface area contributed by atoms with E-state index < -0.39 is 0 Å². The third-order valence-electron chi connectivity index (χ3n) is 3.66. The molecule has 2 aromatic heterocycles. The summed E-state index contributed by atoms with van der Waals surface area (Å²) in [5.41, 5.74) is 0.892. The lowest BCUT2D eigenvalue weighted by Gasteiger charge is -2.30. The van der Waals surface area contributed by atoms with E-state index in [0.717, 1.165) is 24.6 Å². The van der Waals surface area contributed by atoms with E-state index >= 15 is 0 Å². The maximum absolute atomic E-state index is 4.50. The Hall–Kier alpha value is -2.28. The number of nitrogens with one attached hydrogen (secondary N) is 2. The van der Waals surface area contributed by atoms with E-state index in [9.17, 15) is 0 Å². The van der Waals surface area contributed by atoms with Gasteiger partial charge < -0.3 is 10.6 Å². The molecule has 0 unspecified atom stereocenters. The lowest BCUT2D eigenvalue weighted by atomic mass is 10.2. The molecule has 0 saturated heterocycles. The van der Waals surface area contributed by atoms with Crippen LogP contribution in [0.15, 0.2) is 24.7 Å². The Morgan fingerprint density at radius 2 is 1.79 bits per heavy atom. The van der Waals surface area contributed by atoms with Crippen molar-refractivity contribution in [2.75, 3.05) is 23.7 Å². The molecule has 0 radical (unpaired) electrons. The van der Waals surface area contributed by atoms with E-state index in [1.165, 1.54) is 0 Å². The molecule has 2 heterocycles. The molecule has 7 heteroatoms. The fraction of sp³-hybridized carbons (Fsp3) is 0.529. The summed E-state index contributed by atoms with van der Waals surface area (Å²) in [6.07, 6.45) is 4.90. The van der Waals surface area contributed by atoms with Gasteiger partial charge in [0.05, 0.1) is 6.20 Å². The van der Waals surface area contributed by atoms with Gasteiger partial charge in [-0.25, -0.2) is 9.97 Å². The summed E-state index contributed by atoms with van der Waals surface area (Å²) in [5, 5.41) is 6.46. The second-order valence-corrected chi connectivity index (χ2v) is 6.29.